The molecule has 1 atom stereocenters. The average molecular weight is 249 g/mol. The lowest BCUT2D eigenvalue weighted by Gasteiger charge is -2.21. The fourth-order valence-electron chi connectivity index (χ4n) is 2.23. The van der Waals surface area contributed by atoms with Crippen molar-refractivity contribution in [1.29, 1.82) is 0 Å². The van der Waals surface area contributed by atoms with E-state index in [9.17, 15) is 5.11 Å². The van der Waals surface area contributed by atoms with Crippen LogP contribution in [-0.4, -0.2) is 30.2 Å². The van der Waals surface area contributed by atoms with Crippen molar-refractivity contribution >= 4 is 0 Å². The zero-order chi connectivity index (χ0) is 13.4. The topological polar surface area (TPSA) is 23.5 Å². The summed E-state index contributed by atoms with van der Waals surface area (Å²) < 4.78 is 0. The summed E-state index contributed by atoms with van der Waals surface area (Å²) in [5, 5.41) is 9.21. The van der Waals surface area contributed by atoms with Crippen LogP contribution in [0.25, 0.3) is 0 Å². The molecule has 0 bridgehead atoms. The molecule has 18 heavy (non-hydrogen) atoms. The van der Waals surface area contributed by atoms with Gasteiger partial charge in [0.15, 0.2) is 0 Å². The van der Waals surface area contributed by atoms with Crippen molar-refractivity contribution in [2.24, 2.45) is 5.92 Å². The van der Waals surface area contributed by atoms with Crippen LogP contribution in [0.1, 0.15) is 37.8 Å². The Labute approximate surface area is 112 Å². The first kappa shape index (κ1) is 15.2. The van der Waals surface area contributed by atoms with Crippen molar-refractivity contribution < 1.29 is 5.11 Å². The van der Waals surface area contributed by atoms with E-state index in [2.05, 4.69) is 50.1 Å². The minimum absolute atomic E-state index is 0.288. The van der Waals surface area contributed by atoms with E-state index in [0.717, 1.165) is 19.5 Å². The molecule has 2 nitrogen and oxygen atoms in total. The van der Waals surface area contributed by atoms with Crippen molar-refractivity contribution in [2.45, 2.75) is 39.7 Å². The fraction of sp³-hybridized carbons (Fsp3) is 0.625. The third-order valence-electron chi connectivity index (χ3n) is 3.42. The number of aryl methyl sites for hydroxylation is 1. The van der Waals surface area contributed by atoms with Gasteiger partial charge in [-0.15, -0.1) is 0 Å². The molecular weight excluding hydrogens is 222 g/mol. The second-order valence-electron chi connectivity index (χ2n) is 5.22. The van der Waals surface area contributed by atoms with Crippen LogP contribution in [0, 0.1) is 5.92 Å². The predicted octanol–water partition coefficient (Wildman–Crippen LogP) is 3.09. The lowest BCUT2D eigenvalue weighted by atomic mass is 10.1. The molecule has 1 aromatic carbocycles. The maximum absolute atomic E-state index is 9.21. The Hall–Kier alpha value is -0.860. The van der Waals surface area contributed by atoms with Gasteiger partial charge in [0, 0.05) is 19.7 Å². The lowest BCUT2D eigenvalue weighted by Crippen LogP contribution is -2.26. The van der Waals surface area contributed by atoms with Crippen LogP contribution in [-0.2, 0) is 13.0 Å². The van der Waals surface area contributed by atoms with Crippen LogP contribution < -0.4 is 0 Å². The molecule has 0 spiro atoms. The molecule has 0 saturated carbocycles. The summed E-state index contributed by atoms with van der Waals surface area (Å²) in [7, 11) is 2.12. The van der Waals surface area contributed by atoms with E-state index in [0.29, 0.717) is 5.92 Å². The van der Waals surface area contributed by atoms with Crippen molar-refractivity contribution in [2.75, 3.05) is 20.2 Å². The van der Waals surface area contributed by atoms with Gasteiger partial charge in [-0.3, -0.25) is 0 Å². The summed E-state index contributed by atoms with van der Waals surface area (Å²) in [5.41, 5.74) is 2.77. The van der Waals surface area contributed by atoms with Gasteiger partial charge in [-0.25, -0.2) is 0 Å². The smallest absolute Gasteiger partial charge is 0.0471 e. The second-order valence-corrected chi connectivity index (χ2v) is 5.22. The normalized spacial score (nSPS) is 12.9. The number of hydrogen-bond donors (Lipinski definition) is 1. The van der Waals surface area contributed by atoms with Crippen LogP contribution in [0.5, 0.6) is 0 Å². The van der Waals surface area contributed by atoms with Crippen molar-refractivity contribution in [3.05, 3.63) is 35.4 Å². The molecule has 1 aromatic rings. The first-order valence-corrected chi connectivity index (χ1v) is 7.06. The van der Waals surface area contributed by atoms with E-state index >= 15 is 0 Å². The van der Waals surface area contributed by atoms with E-state index in [1.54, 1.807) is 0 Å². The molecule has 1 rings (SSSR count). The number of aliphatic hydroxyl groups is 1. The zero-order valence-electron chi connectivity index (χ0n) is 12.0. The van der Waals surface area contributed by atoms with Gasteiger partial charge >= 0.3 is 0 Å². The molecule has 102 valence electrons. The number of benzene rings is 1. The molecular formula is C16H27NO. The van der Waals surface area contributed by atoms with Gasteiger partial charge in [0.25, 0.3) is 0 Å². The van der Waals surface area contributed by atoms with Gasteiger partial charge < -0.3 is 10.0 Å². The van der Waals surface area contributed by atoms with Gasteiger partial charge in [-0.1, -0.05) is 44.5 Å². The largest absolute Gasteiger partial charge is 0.396 e. The Kier molecular flexibility index (Phi) is 6.99. The maximum atomic E-state index is 9.21. The summed E-state index contributed by atoms with van der Waals surface area (Å²) in [5.74, 6) is 0.398. The Morgan fingerprint density at radius 1 is 1.11 bits per heavy atom. The highest BCUT2D eigenvalue weighted by Crippen LogP contribution is 2.10. The standard InChI is InChI=1S/C16H27NO/c1-4-6-15-7-9-16(10-8-15)12-17(3)11-14(5-2)13-18/h7-10,14,18H,4-6,11-13H2,1-3H3. The first-order chi connectivity index (χ1) is 8.69. The molecule has 0 fully saturated rings. The SMILES string of the molecule is CCCc1ccc(CN(C)CC(CC)CO)cc1. The third kappa shape index (κ3) is 5.19. The van der Waals surface area contributed by atoms with Gasteiger partial charge in [0.05, 0.1) is 0 Å². The van der Waals surface area contributed by atoms with Gasteiger partial charge in [0.1, 0.15) is 0 Å². The van der Waals surface area contributed by atoms with Crippen LogP contribution in [0.15, 0.2) is 24.3 Å². The number of hydrogen-bond acceptors (Lipinski definition) is 2. The monoisotopic (exact) mass is 249 g/mol. The zero-order valence-corrected chi connectivity index (χ0v) is 12.0. The summed E-state index contributed by atoms with van der Waals surface area (Å²) in [6, 6.07) is 8.91. The Morgan fingerprint density at radius 3 is 2.22 bits per heavy atom. The molecule has 0 heterocycles. The summed E-state index contributed by atoms with van der Waals surface area (Å²) in [6.45, 7) is 6.55. The van der Waals surface area contributed by atoms with Crippen LogP contribution >= 0.6 is 0 Å². The quantitative estimate of drug-likeness (QED) is 0.765. The molecule has 0 aliphatic heterocycles. The van der Waals surface area contributed by atoms with Crippen LogP contribution in [0.3, 0.4) is 0 Å². The number of aliphatic hydroxyl groups excluding tert-OH is 1. The highest BCUT2D eigenvalue weighted by atomic mass is 16.3. The third-order valence-corrected chi connectivity index (χ3v) is 3.42. The number of nitrogens with zero attached hydrogens (tertiary/aromatic N) is 1. The summed E-state index contributed by atoms with van der Waals surface area (Å²) in [4.78, 5) is 2.29. The molecule has 0 aliphatic carbocycles. The fourth-order valence-corrected chi connectivity index (χ4v) is 2.23. The van der Waals surface area contributed by atoms with E-state index in [-0.39, 0.29) is 6.61 Å². The number of rotatable bonds is 8. The molecule has 0 aromatic heterocycles. The van der Waals surface area contributed by atoms with Gasteiger partial charge in [-0.05, 0) is 36.9 Å². The minimum Gasteiger partial charge on any atom is -0.396 e. The molecule has 1 unspecified atom stereocenters. The van der Waals surface area contributed by atoms with Crippen LogP contribution in [0.2, 0.25) is 0 Å². The van der Waals surface area contributed by atoms with Crippen molar-refractivity contribution in [3.8, 4) is 0 Å². The van der Waals surface area contributed by atoms with Crippen LogP contribution in [0.4, 0.5) is 0 Å². The highest BCUT2D eigenvalue weighted by Gasteiger charge is 2.08. The highest BCUT2D eigenvalue weighted by molar-refractivity contribution is 5.22. The molecule has 0 amide bonds. The molecule has 1 N–H and O–H groups in total. The van der Waals surface area contributed by atoms with E-state index < -0.39 is 0 Å². The molecule has 0 aliphatic rings. The Bertz CT molecular complexity index is 316. The molecule has 0 saturated heterocycles. The van der Waals surface area contributed by atoms with Gasteiger partial charge in [-0.2, -0.15) is 0 Å². The average Bonchev–Trinajstić information content (AvgIpc) is 2.38. The minimum atomic E-state index is 0.288. The first-order valence-electron chi connectivity index (χ1n) is 7.06. The van der Waals surface area contributed by atoms with E-state index in [1.165, 1.54) is 24.0 Å². The predicted molar refractivity (Wildman–Crippen MR) is 77.6 cm³/mol. The van der Waals surface area contributed by atoms with Crippen molar-refractivity contribution in [1.82, 2.24) is 4.90 Å². The van der Waals surface area contributed by atoms with Crippen molar-refractivity contribution in [3.63, 3.8) is 0 Å². The summed E-state index contributed by atoms with van der Waals surface area (Å²) >= 11 is 0. The molecule has 0 radical (unpaired) electrons. The van der Waals surface area contributed by atoms with E-state index in [1.807, 2.05) is 0 Å². The Morgan fingerprint density at radius 2 is 1.72 bits per heavy atom. The van der Waals surface area contributed by atoms with E-state index in [4.69, 9.17) is 0 Å². The molecule has 2 heteroatoms. The summed E-state index contributed by atoms with van der Waals surface area (Å²) in [6.07, 6.45) is 3.41. The Balaban J connectivity index is 2.46. The maximum Gasteiger partial charge on any atom is 0.0471 e. The van der Waals surface area contributed by atoms with Gasteiger partial charge in [0.2, 0.25) is 0 Å². The lowest BCUT2D eigenvalue weighted by molar-refractivity contribution is 0.173. The second kappa shape index (κ2) is 8.28.